The van der Waals surface area contributed by atoms with Gasteiger partial charge < -0.3 is 10.2 Å². The molecular formula is C22H35N3O3S. The van der Waals surface area contributed by atoms with Crippen LogP contribution in [0.25, 0.3) is 0 Å². The predicted molar refractivity (Wildman–Crippen MR) is 115 cm³/mol. The molecule has 0 unspecified atom stereocenters. The molecule has 0 spiro atoms. The van der Waals surface area contributed by atoms with Crippen molar-refractivity contribution in [1.29, 1.82) is 0 Å². The van der Waals surface area contributed by atoms with E-state index in [1.165, 1.54) is 38.8 Å². The van der Waals surface area contributed by atoms with Gasteiger partial charge in [0.25, 0.3) is 0 Å². The van der Waals surface area contributed by atoms with E-state index in [1.807, 2.05) is 13.8 Å². The molecule has 1 amide bonds. The highest BCUT2D eigenvalue weighted by Gasteiger charge is 2.34. The van der Waals surface area contributed by atoms with Crippen LogP contribution in [0.15, 0.2) is 35.2 Å². The van der Waals surface area contributed by atoms with Gasteiger partial charge in [-0.05, 0) is 62.7 Å². The van der Waals surface area contributed by atoms with E-state index in [0.29, 0.717) is 18.5 Å². The van der Waals surface area contributed by atoms with Crippen LogP contribution in [0.4, 0.5) is 0 Å². The first-order valence-corrected chi connectivity index (χ1v) is 12.5. The molecule has 0 aliphatic carbocycles. The predicted octanol–water partition coefficient (Wildman–Crippen LogP) is 2.76. The first kappa shape index (κ1) is 22.2. The Morgan fingerprint density at radius 2 is 1.86 bits per heavy atom. The molecule has 4 atom stereocenters. The molecule has 7 heteroatoms. The van der Waals surface area contributed by atoms with Crippen molar-refractivity contribution in [3.8, 4) is 0 Å². The van der Waals surface area contributed by atoms with Crippen LogP contribution in [0.2, 0.25) is 0 Å². The molecule has 2 saturated heterocycles. The standard InChI is InChI=1S/C22H35N3O3S/c1-3-17(2)21(24-29(27,28)19-11-5-4-6-12-19)22(26)23-16-18-10-9-15-25-14-8-7-13-20(18)25/h4-6,11-12,17-18,20-21,24H,3,7-10,13-16H2,1-2H3,(H,23,26)/t17-,18-,20+,21-/m0/s1. The van der Waals surface area contributed by atoms with Crippen molar-refractivity contribution < 1.29 is 13.2 Å². The zero-order chi connectivity index (χ0) is 20.9. The highest BCUT2D eigenvalue weighted by molar-refractivity contribution is 7.89. The number of sulfonamides is 1. The normalized spacial score (nSPS) is 25.0. The summed E-state index contributed by atoms with van der Waals surface area (Å²) in [6, 6.07) is 8.03. The summed E-state index contributed by atoms with van der Waals surface area (Å²) in [6.45, 7) is 6.85. The van der Waals surface area contributed by atoms with E-state index in [-0.39, 0.29) is 16.7 Å². The number of nitrogens with one attached hydrogen (secondary N) is 2. The molecule has 0 aromatic heterocycles. The molecule has 2 fully saturated rings. The Balaban J connectivity index is 1.65. The Morgan fingerprint density at radius 1 is 1.14 bits per heavy atom. The van der Waals surface area contributed by atoms with Crippen molar-refractivity contribution in [2.24, 2.45) is 11.8 Å². The van der Waals surface area contributed by atoms with Gasteiger partial charge >= 0.3 is 0 Å². The summed E-state index contributed by atoms with van der Waals surface area (Å²) in [5.74, 6) is 0.147. The second-order valence-electron chi connectivity index (χ2n) is 8.54. The second-order valence-corrected chi connectivity index (χ2v) is 10.3. The summed E-state index contributed by atoms with van der Waals surface area (Å²) in [4.78, 5) is 15.8. The van der Waals surface area contributed by atoms with Gasteiger partial charge in [0.1, 0.15) is 6.04 Å². The monoisotopic (exact) mass is 421 g/mol. The Kier molecular flexibility index (Phi) is 7.71. The van der Waals surface area contributed by atoms with Gasteiger partial charge in [0, 0.05) is 12.6 Å². The number of carbonyl (C=O) groups is 1. The molecule has 0 bridgehead atoms. The smallest absolute Gasteiger partial charge is 0.241 e. The van der Waals surface area contributed by atoms with Crippen LogP contribution in [0, 0.1) is 11.8 Å². The highest BCUT2D eigenvalue weighted by Crippen LogP contribution is 2.30. The van der Waals surface area contributed by atoms with Crippen LogP contribution in [-0.4, -0.2) is 50.9 Å². The molecule has 1 aromatic carbocycles. The summed E-state index contributed by atoms with van der Waals surface area (Å²) in [5, 5.41) is 3.08. The summed E-state index contributed by atoms with van der Waals surface area (Å²) < 4.78 is 28.2. The van der Waals surface area contributed by atoms with Gasteiger partial charge in [-0.15, -0.1) is 0 Å². The number of rotatable bonds is 8. The number of nitrogens with zero attached hydrogens (tertiary/aromatic N) is 1. The van der Waals surface area contributed by atoms with E-state index in [1.54, 1.807) is 30.3 Å². The van der Waals surface area contributed by atoms with Crippen molar-refractivity contribution in [1.82, 2.24) is 14.9 Å². The number of hydrogen-bond acceptors (Lipinski definition) is 4. The molecule has 6 nitrogen and oxygen atoms in total. The fourth-order valence-corrected chi connectivity index (χ4v) is 5.98. The molecule has 29 heavy (non-hydrogen) atoms. The number of fused-ring (bicyclic) bond motifs is 1. The number of amides is 1. The Hall–Kier alpha value is -1.44. The molecular weight excluding hydrogens is 386 g/mol. The summed E-state index contributed by atoms with van der Waals surface area (Å²) in [6.07, 6.45) is 6.76. The molecule has 0 saturated carbocycles. The molecule has 2 aliphatic heterocycles. The SMILES string of the molecule is CC[C@H](C)[C@H](NS(=O)(=O)c1ccccc1)C(=O)NC[C@@H]1CCCN2CCCC[C@H]12. The van der Waals surface area contributed by atoms with E-state index < -0.39 is 16.1 Å². The van der Waals surface area contributed by atoms with Gasteiger partial charge in [0.2, 0.25) is 15.9 Å². The third kappa shape index (κ3) is 5.58. The second kappa shape index (κ2) is 10.0. The van der Waals surface area contributed by atoms with Crippen LogP contribution in [0.5, 0.6) is 0 Å². The number of piperidine rings is 2. The fourth-order valence-electron chi connectivity index (χ4n) is 4.66. The fraction of sp³-hybridized carbons (Fsp3) is 0.682. The third-order valence-corrected chi connectivity index (χ3v) is 8.06. The Morgan fingerprint density at radius 3 is 2.59 bits per heavy atom. The third-order valence-electron chi connectivity index (χ3n) is 6.60. The van der Waals surface area contributed by atoms with E-state index in [0.717, 1.165) is 12.8 Å². The van der Waals surface area contributed by atoms with Crippen molar-refractivity contribution in [2.45, 2.75) is 69.4 Å². The average Bonchev–Trinajstić information content (AvgIpc) is 2.76. The molecule has 1 aromatic rings. The van der Waals surface area contributed by atoms with Crippen LogP contribution < -0.4 is 10.0 Å². The number of benzene rings is 1. The lowest BCUT2D eigenvalue weighted by Gasteiger charge is -2.44. The summed E-state index contributed by atoms with van der Waals surface area (Å²) in [7, 11) is -3.74. The average molecular weight is 422 g/mol. The van der Waals surface area contributed by atoms with Gasteiger partial charge in [-0.3, -0.25) is 4.79 Å². The van der Waals surface area contributed by atoms with E-state index in [2.05, 4.69) is 14.9 Å². The maximum Gasteiger partial charge on any atom is 0.241 e. The minimum absolute atomic E-state index is 0.0916. The van der Waals surface area contributed by atoms with Crippen molar-refractivity contribution in [2.75, 3.05) is 19.6 Å². The molecule has 3 rings (SSSR count). The maximum absolute atomic E-state index is 13.0. The van der Waals surface area contributed by atoms with Crippen molar-refractivity contribution >= 4 is 15.9 Å². The summed E-state index contributed by atoms with van der Waals surface area (Å²) in [5.41, 5.74) is 0. The lowest BCUT2D eigenvalue weighted by atomic mass is 9.83. The lowest BCUT2D eigenvalue weighted by molar-refractivity contribution is -0.124. The van der Waals surface area contributed by atoms with Gasteiger partial charge in [-0.25, -0.2) is 8.42 Å². The zero-order valence-electron chi connectivity index (χ0n) is 17.6. The van der Waals surface area contributed by atoms with Crippen molar-refractivity contribution in [3.63, 3.8) is 0 Å². The van der Waals surface area contributed by atoms with Crippen LogP contribution in [-0.2, 0) is 14.8 Å². The van der Waals surface area contributed by atoms with E-state index >= 15 is 0 Å². The lowest BCUT2D eigenvalue weighted by Crippen LogP contribution is -2.54. The quantitative estimate of drug-likeness (QED) is 0.677. The Bertz CT molecular complexity index is 767. The van der Waals surface area contributed by atoms with Crippen LogP contribution >= 0.6 is 0 Å². The van der Waals surface area contributed by atoms with Gasteiger partial charge in [0.15, 0.2) is 0 Å². The molecule has 162 valence electrons. The molecule has 2 N–H and O–H groups in total. The number of carbonyl (C=O) groups excluding carboxylic acids is 1. The zero-order valence-corrected chi connectivity index (χ0v) is 18.5. The minimum Gasteiger partial charge on any atom is -0.354 e. The van der Waals surface area contributed by atoms with Crippen molar-refractivity contribution in [3.05, 3.63) is 30.3 Å². The highest BCUT2D eigenvalue weighted by atomic mass is 32.2. The largest absolute Gasteiger partial charge is 0.354 e. The number of hydrogen-bond donors (Lipinski definition) is 2. The first-order chi connectivity index (χ1) is 13.9. The maximum atomic E-state index is 13.0. The molecule has 0 radical (unpaired) electrons. The van der Waals surface area contributed by atoms with E-state index in [4.69, 9.17) is 0 Å². The van der Waals surface area contributed by atoms with Gasteiger partial charge in [0.05, 0.1) is 4.90 Å². The van der Waals surface area contributed by atoms with Gasteiger partial charge in [-0.2, -0.15) is 4.72 Å². The van der Waals surface area contributed by atoms with Gasteiger partial charge in [-0.1, -0.05) is 44.9 Å². The first-order valence-electron chi connectivity index (χ1n) is 11.0. The Labute approximate surface area is 175 Å². The van der Waals surface area contributed by atoms with Crippen LogP contribution in [0.3, 0.4) is 0 Å². The molecule has 2 aliphatic rings. The van der Waals surface area contributed by atoms with Crippen LogP contribution in [0.1, 0.15) is 52.4 Å². The molecule has 2 heterocycles. The summed E-state index contributed by atoms with van der Waals surface area (Å²) >= 11 is 0. The van der Waals surface area contributed by atoms with E-state index in [9.17, 15) is 13.2 Å². The minimum atomic E-state index is -3.74. The topological polar surface area (TPSA) is 78.5 Å².